The van der Waals surface area contributed by atoms with Crippen LogP contribution in [0.15, 0.2) is 6.20 Å². The van der Waals surface area contributed by atoms with Gasteiger partial charge in [0.15, 0.2) is 5.69 Å². The standard InChI is InChI=1S/C24H41F2N5O3/c1-23(2,3)19-13-17(31-14-18(27)20(28-31)21(25)26)5-9-24(19,34)15-29(4)10-6-16-7-11-30(12-8-16)22(32)33/h14,16-17,19,21,34H,5-13,15,27H2,1-4H3,(H,32,33)/t17-,19?,24+/m0/s1. The van der Waals surface area contributed by atoms with Crippen molar-refractivity contribution in [2.24, 2.45) is 17.3 Å². The Morgan fingerprint density at radius 2 is 1.97 bits per heavy atom. The first kappa shape index (κ1) is 26.7. The lowest BCUT2D eigenvalue weighted by Gasteiger charge is -2.50. The maximum absolute atomic E-state index is 13.2. The summed E-state index contributed by atoms with van der Waals surface area (Å²) in [5, 5.41) is 25.0. The summed E-state index contributed by atoms with van der Waals surface area (Å²) >= 11 is 0. The topological polar surface area (TPSA) is 108 Å². The fraction of sp³-hybridized carbons (Fsp3) is 0.833. The minimum absolute atomic E-state index is 0.0112. The van der Waals surface area contributed by atoms with Crippen molar-refractivity contribution in [2.45, 2.75) is 77.4 Å². The smallest absolute Gasteiger partial charge is 0.407 e. The fourth-order valence-corrected chi connectivity index (χ4v) is 5.93. The number of nitrogens with two attached hydrogens (primary N) is 1. The van der Waals surface area contributed by atoms with E-state index in [1.54, 1.807) is 4.68 Å². The molecular formula is C24H41F2N5O3. The maximum Gasteiger partial charge on any atom is 0.407 e. The summed E-state index contributed by atoms with van der Waals surface area (Å²) in [5.74, 6) is 0.455. The number of amides is 1. The normalized spacial score (nSPS) is 27.0. The zero-order chi connectivity index (χ0) is 25.3. The van der Waals surface area contributed by atoms with Crippen LogP contribution in [0.3, 0.4) is 0 Å². The highest BCUT2D eigenvalue weighted by molar-refractivity contribution is 5.64. The van der Waals surface area contributed by atoms with Crippen molar-refractivity contribution in [1.29, 1.82) is 0 Å². The van der Waals surface area contributed by atoms with E-state index in [-0.39, 0.29) is 28.8 Å². The summed E-state index contributed by atoms with van der Waals surface area (Å²) in [6, 6.07) is -0.0796. The molecule has 4 N–H and O–H groups in total. The summed E-state index contributed by atoms with van der Waals surface area (Å²) in [6.45, 7) is 8.90. The van der Waals surface area contributed by atoms with E-state index in [2.05, 4.69) is 30.8 Å². The van der Waals surface area contributed by atoms with Crippen LogP contribution in [-0.2, 0) is 0 Å². The minimum atomic E-state index is -2.70. The highest BCUT2D eigenvalue weighted by atomic mass is 19.3. The Balaban J connectivity index is 1.61. The van der Waals surface area contributed by atoms with Gasteiger partial charge in [-0.3, -0.25) is 4.68 Å². The van der Waals surface area contributed by atoms with Crippen LogP contribution >= 0.6 is 0 Å². The van der Waals surface area contributed by atoms with E-state index >= 15 is 0 Å². The number of carboxylic acid groups (broad SMARTS) is 1. The number of carbonyl (C=O) groups is 1. The number of likely N-dealkylation sites (N-methyl/N-ethyl adjacent to an activating group) is 1. The van der Waals surface area contributed by atoms with Gasteiger partial charge in [-0.2, -0.15) is 5.10 Å². The maximum atomic E-state index is 13.2. The summed E-state index contributed by atoms with van der Waals surface area (Å²) < 4.78 is 27.9. The van der Waals surface area contributed by atoms with Crippen LogP contribution in [0.4, 0.5) is 19.3 Å². The van der Waals surface area contributed by atoms with E-state index in [1.807, 2.05) is 7.05 Å². The summed E-state index contributed by atoms with van der Waals surface area (Å²) in [4.78, 5) is 14.8. The second-order valence-electron chi connectivity index (χ2n) is 11.4. The van der Waals surface area contributed by atoms with Crippen LogP contribution in [0.5, 0.6) is 0 Å². The molecule has 1 saturated heterocycles. The van der Waals surface area contributed by atoms with Crippen molar-refractivity contribution in [3.8, 4) is 0 Å². The van der Waals surface area contributed by atoms with Gasteiger partial charge in [0, 0.05) is 25.8 Å². The van der Waals surface area contributed by atoms with Crippen LogP contribution in [0.1, 0.15) is 77.5 Å². The van der Waals surface area contributed by atoms with Gasteiger partial charge in [0.1, 0.15) is 0 Å². The largest absolute Gasteiger partial charge is 0.465 e. The number of alkyl halides is 2. The number of nitrogen functional groups attached to an aromatic ring is 1. The van der Waals surface area contributed by atoms with Gasteiger partial charge in [-0.05, 0) is 69.4 Å². The molecule has 1 aromatic heterocycles. The lowest BCUT2D eigenvalue weighted by atomic mass is 9.62. The molecule has 2 heterocycles. The van der Waals surface area contributed by atoms with Crippen molar-refractivity contribution < 1.29 is 23.8 Å². The molecule has 1 unspecified atom stereocenters. The second-order valence-corrected chi connectivity index (χ2v) is 11.4. The van der Waals surface area contributed by atoms with E-state index < -0.39 is 18.1 Å². The Labute approximate surface area is 201 Å². The zero-order valence-electron chi connectivity index (χ0n) is 20.9. The van der Waals surface area contributed by atoms with Crippen LogP contribution in [0.2, 0.25) is 0 Å². The second kappa shape index (κ2) is 10.4. The number of nitrogens with zero attached hydrogens (tertiary/aromatic N) is 4. The van der Waals surface area contributed by atoms with Crippen molar-refractivity contribution in [1.82, 2.24) is 19.6 Å². The minimum Gasteiger partial charge on any atom is -0.465 e. The molecule has 1 aliphatic carbocycles. The Hall–Kier alpha value is -1.94. The predicted octanol–water partition coefficient (Wildman–Crippen LogP) is 4.23. The molecule has 3 rings (SSSR count). The van der Waals surface area contributed by atoms with Gasteiger partial charge in [0.2, 0.25) is 0 Å². The molecule has 10 heteroatoms. The number of hydrogen-bond donors (Lipinski definition) is 3. The average molecular weight is 486 g/mol. The van der Waals surface area contributed by atoms with Crippen LogP contribution < -0.4 is 5.73 Å². The Morgan fingerprint density at radius 1 is 1.32 bits per heavy atom. The first-order valence-corrected chi connectivity index (χ1v) is 12.3. The quantitative estimate of drug-likeness (QED) is 0.533. The molecule has 0 bridgehead atoms. The first-order valence-electron chi connectivity index (χ1n) is 12.3. The molecule has 1 saturated carbocycles. The van der Waals surface area contributed by atoms with Gasteiger partial charge in [-0.15, -0.1) is 0 Å². The predicted molar refractivity (Wildman–Crippen MR) is 127 cm³/mol. The van der Waals surface area contributed by atoms with Crippen molar-refractivity contribution in [2.75, 3.05) is 39.0 Å². The molecule has 2 aliphatic rings. The number of aromatic nitrogens is 2. The number of hydrogen-bond acceptors (Lipinski definition) is 5. The molecule has 3 atom stereocenters. The van der Waals surface area contributed by atoms with Gasteiger partial charge in [0.25, 0.3) is 6.43 Å². The SMILES string of the molecule is CN(CCC1CCN(C(=O)O)CC1)C[C@]1(O)CC[C@H](n2cc(N)c(C(F)F)n2)CC1C(C)(C)C. The molecule has 8 nitrogen and oxygen atoms in total. The molecule has 0 spiro atoms. The Kier molecular flexibility index (Phi) is 8.12. The van der Waals surface area contributed by atoms with Crippen molar-refractivity contribution in [3.05, 3.63) is 11.9 Å². The van der Waals surface area contributed by atoms with Crippen LogP contribution in [0, 0.1) is 17.3 Å². The highest BCUT2D eigenvalue weighted by Crippen LogP contribution is 2.48. The van der Waals surface area contributed by atoms with E-state index in [9.17, 15) is 18.7 Å². The Morgan fingerprint density at radius 3 is 2.50 bits per heavy atom. The third-order valence-electron chi connectivity index (χ3n) is 7.83. The number of piperidine rings is 1. The summed E-state index contributed by atoms with van der Waals surface area (Å²) in [7, 11) is 2.03. The number of aliphatic hydroxyl groups is 1. The monoisotopic (exact) mass is 485 g/mol. The molecule has 34 heavy (non-hydrogen) atoms. The van der Waals surface area contributed by atoms with Crippen molar-refractivity contribution in [3.63, 3.8) is 0 Å². The first-order chi connectivity index (χ1) is 15.8. The third-order valence-corrected chi connectivity index (χ3v) is 7.83. The van der Waals surface area contributed by atoms with Gasteiger partial charge in [0.05, 0.1) is 17.3 Å². The lowest BCUT2D eigenvalue weighted by Crippen LogP contribution is -2.55. The van der Waals surface area contributed by atoms with Gasteiger partial charge >= 0.3 is 6.09 Å². The van der Waals surface area contributed by atoms with E-state index in [1.165, 1.54) is 11.1 Å². The highest BCUT2D eigenvalue weighted by Gasteiger charge is 2.48. The van der Waals surface area contributed by atoms with Gasteiger partial charge < -0.3 is 25.7 Å². The molecule has 0 aromatic carbocycles. The van der Waals surface area contributed by atoms with E-state index in [0.29, 0.717) is 44.8 Å². The molecule has 1 amide bonds. The van der Waals surface area contributed by atoms with Gasteiger partial charge in [-0.25, -0.2) is 13.6 Å². The number of halogens is 2. The lowest BCUT2D eigenvalue weighted by molar-refractivity contribution is -0.114. The van der Waals surface area contributed by atoms with Crippen molar-refractivity contribution >= 4 is 11.8 Å². The van der Waals surface area contributed by atoms with E-state index in [4.69, 9.17) is 10.8 Å². The van der Waals surface area contributed by atoms with Gasteiger partial charge in [-0.1, -0.05) is 20.8 Å². The molecule has 194 valence electrons. The van der Waals surface area contributed by atoms with Crippen LogP contribution in [0.25, 0.3) is 0 Å². The average Bonchev–Trinajstić information content (AvgIpc) is 3.13. The third kappa shape index (κ3) is 6.19. The zero-order valence-corrected chi connectivity index (χ0v) is 20.9. The van der Waals surface area contributed by atoms with Crippen LogP contribution in [-0.4, -0.2) is 74.7 Å². The number of rotatable bonds is 7. The number of likely N-dealkylation sites (tertiary alicyclic amines) is 1. The molecular weight excluding hydrogens is 444 g/mol. The molecule has 0 radical (unpaired) electrons. The fourth-order valence-electron chi connectivity index (χ4n) is 5.93. The summed E-state index contributed by atoms with van der Waals surface area (Å²) in [5.41, 5.74) is 4.33. The number of anilines is 1. The van der Waals surface area contributed by atoms with E-state index in [0.717, 1.165) is 25.8 Å². The summed E-state index contributed by atoms with van der Waals surface area (Å²) in [6.07, 6.45) is 2.54. The molecule has 1 aromatic rings. The molecule has 2 fully saturated rings. The molecule has 1 aliphatic heterocycles. The Bertz CT molecular complexity index is 835.